The smallest absolute Gasteiger partial charge is 0.268 e. The molecule has 22 heavy (non-hydrogen) atoms. The van der Waals surface area contributed by atoms with Crippen LogP contribution in [0.4, 0.5) is 5.69 Å². The first-order chi connectivity index (χ1) is 10.6. The third kappa shape index (κ3) is 4.71. The zero-order valence-corrected chi connectivity index (χ0v) is 13.2. The van der Waals surface area contributed by atoms with Crippen LogP contribution in [-0.4, -0.2) is 30.2 Å². The zero-order chi connectivity index (χ0) is 15.9. The Morgan fingerprint density at radius 3 is 2.59 bits per heavy atom. The van der Waals surface area contributed by atoms with Crippen LogP contribution in [0.3, 0.4) is 0 Å². The number of rotatable bonds is 6. The summed E-state index contributed by atoms with van der Waals surface area (Å²) < 4.78 is 0. The van der Waals surface area contributed by atoms with Gasteiger partial charge in [0, 0.05) is 13.1 Å². The average Bonchev–Trinajstić information content (AvgIpc) is 2.55. The number of hydrogen-bond donors (Lipinski definition) is 3. The highest BCUT2D eigenvalue weighted by Crippen LogP contribution is 2.27. The average molecular weight is 305 g/mol. The van der Waals surface area contributed by atoms with Crippen LogP contribution < -0.4 is 16.2 Å². The number of anilines is 1. The molecule has 1 aromatic rings. The van der Waals surface area contributed by atoms with Gasteiger partial charge in [-0.05, 0) is 24.5 Å². The van der Waals surface area contributed by atoms with E-state index >= 15 is 0 Å². The molecule has 2 rings (SSSR count). The maximum absolute atomic E-state index is 12.1. The van der Waals surface area contributed by atoms with E-state index < -0.39 is 18.1 Å². The van der Waals surface area contributed by atoms with Gasteiger partial charge in [0.2, 0.25) is 0 Å². The molecule has 1 fully saturated rings. The predicted molar refractivity (Wildman–Crippen MR) is 88.2 cm³/mol. The lowest BCUT2D eigenvalue weighted by molar-refractivity contribution is -0.130. The molecule has 0 spiro atoms. The molecule has 4 N–H and O–H groups in total. The largest absolute Gasteiger partial charge is 0.382 e. The van der Waals surface area contributed by atoms with Crippen molar-refractivity contribution in [3.63, 3.8) is 0 Å². The number of para-hydroxylation sites is 1. The standard InChI is InChI=1S/C17H27N3O2/c1-20(14-10-6-3-7-11-14)19-17(22)16(21)15(18)12-13-8-4-2-5-9-13/h3,6-7,10-11,13,15-16,21H,2,4-5,8-9,12,18H2,1H3,(H,19,22). The first-order valence-corrected chi connectivity index (χ1v) is 8.11. The molecule has 1 amide bonds. The number of nitrogens with one attached hydrogen (secondary N) is 1. The maximum Gasteiger partial charge on any atom is 0.268 e. The Morgan fingerprint density at radius 1 is 1.32 bits per heavy atom. The van der Waals surface area contributed by atoms with Crippen molar-refractivity contribution in [3.05, 3.63) is 30.3 Å². The molecule has 1 aromatic carbocycles. The Balaban J connectivity index is 1.82. The second-order valence-corrected chi connectivity index (χ2v) is 6.22. The number of amides is 1. The quantitative estimate of drug-likeness (QED) is 0.700. The number of nitrogens with zero attached hydrogens (tertiary/aromatic N) is 1. The number of hydrogen-bond acceptors (Lipinski definition) is 4. The molecule has 0 saturated heterocycles. The Kier molecular flexibility index (Phi) is 6.21. The van der Waals surface area contributed by atoms with E-state index in [-0.39, 0.29) is 0 Å². The Morgan fingerprint density at radius 2 is 1.95 bits per heavy atom. The van der Waals surface area contributed by atoms with Gasteiger partial charge in [-0.2, -0.15) is 0 Å². The molecule has 2 unspecified atom stereocenters. The van der Waals surface area contributed by atoms with Gasteiger partial charge in [0.1, 0.15) is 6.10 Å². The highest BCUT2D eigenvalue weighted by Gasteiger charge is 2.27. The third-order valence-electron chi connectivity index (χ3n) is 4.43. The topological polar surface area (TPSA) is 78.6 Å². The van der Waals surface area contributed by atoms with Gasteiger partial charge in [-0.1, -0.05) is 50.3 Å². The zero-order valence-electron chi connectivity index (χ0n) is 13.2. The summed E-state index contributed by atoms with van der Waals surface area (Å²) in [6.45, 7) is 0. The summed E-state index contributed by atoms with van der Waals surface area (Å²) in [6, 6.07) is 8.95. The first kappa shape index (κ1) is 16.8. The highest BCUT2D eigenvalue weighted by atomic mass is 16.3. The summed E-state index contributed by atoms with van der Waals surface area (Å²) in [5.41, 5.74) is 9.56. The van der Waals surface area contributed by atoms with E-state index in [1.807, 2.05) is 30.3 Å². The monoisotopic (exact) mass is 305 g/mol. The van der Waals surface area contributed by atoms with Crippen LogP contribution in [0.25, 0.3) is 0 Å². The number of aliphatic hydroxyl groups excluding tert-OH is 1. The van der Waals surface area contributed by atoms with Gasteiger partial charge < -0.3 is 10.8 Å². The first-order valence-electron chi connectivity index (χ1n) is 8.11. The second-order valence-electron chi connectivity index (χ2n) is 6.22. The molecule has 122 valence electrons. The fourth-order valence-electron chi connectivity index (χ4n) is 3.08. The number of carbonyl (C=O) groups excluding carboxylic acids is 1. The molecular weight excluding hydrogens is 278 g/mol. The van der Waals surface area contributed by atoms with Crippen LogP contribution in [0.2, 0.25) is 0 Å². The lowest BCUT2D eigenvalue weighted by atomic mass is 9.84. The van der Waals surface area contributed by atoms with Crippen molar-refractivity contribution in [2.24, 2.45) is 11.7 Å². The molecule has 0 aliphatic heterocycles. The minimum Gasteiger partial charge on any atom is -0.382 e. The minimum absolute atomic E-state index is 0.449. The maximum atomic E-state index is 12.1. The molecule has 2 atom stereocenters. The van der Waals surface area contributed by atoms with Crippen molar-refractivity contribution in [1.82, 2.24) is 5.43 Å². The number of aliphatic hydroxyl groups is 1. The van der Waals surface area contributed by atoms with Gasteiger partial charge in [0.15, 0.2) is 0 Å². The molecule has 5 nitrogen and oxygen atoms in total. The van der Waals surface area contributed by atoms with E-state index in [4.69, 9.17) is 5.73 Å². The predicted octanol–water partition coefficient (Wildman–Crippen LogP) is 1.81. The van der Waals surface area contributed by atoms with Crippen LogP contribution in [0, 0.1) is 5.92 Å². The minimum atomic E-state index is -1.17. The molecule has 1 aliphatic rings. The van der Waals surface area contributed by atoms with Crippen molar-refractivity contribution < 1.29 is 9.90 Å². The van der Waals surface area contributed by atoms with Gasteiger partial charge in [-0.15, -0.1) is 0 Å². The van der Waals surface area contributed by atoms with Crippen LogP contribution in [-0.2, 0) is 4.79 Å². The lowest BCUT2D eigenvalue weighted by Gasteiger charge is -2.28. The molecule has 1 aliphatic carbocycles. The highest BCUT2D eigenvalue weighted by molar-refractivity contribution is 5.82. The third-order valence-corrected chi connectivity index (χ3v) is 4.43. The van der Waals surface area contributed by atoms with E-state index in [1.165, 1.54) is 19.3 Å². The van der Waals surface area contributed by atoms with Gasteiger partial charge >= 0.3 is 0 Å². The van der Waals surface area contributed by atoms with Gasteiger partial charge in [0.25, 0.3) is 5.91 Å². The van der Waals surface area contributed by atoms with Crippen LogP contribution >= 0.6 is 0 Å². The van der Waals surface area contributed by atoms with E-state index in [9.17, 15) is 9.90 Å². The van der Waals surface area contributed by atoms with E-state index in [0.29, 0.717) is 12.3 Å². The van der Waals surface area contributed by atoms with E-state index in [1.54, 1.807) is 12.1 Å². The van der Waals surface area contributed by atoms with Crippen molar-refractivity contribution >= 4 is 11.6 Å². The van der Waals surface area contributed by atoms with E-state index in [2.05, 4.69) is 5.43 Å². The number of hydrazine groups is 1. The molecular formula is C17H27N3O2. The van der Waals surface area contributed by atoms with E-state index in [0.717, 1.165) is 18.5 Å². The fraction of sp³-hybridized carbons (Fsp3) is 0.588. The van der Waals surface area contributed by atoms with Crippen molar-refractivity contribution in [1.29, 1.82) is 0 Å². The second kappa shape index (κ2) is 8.15. The van der Waals surface area contributed by atoms with Crippen LogP contribution in [0.5, 0.6) is 0 Å². The van der Waals surface area contributed by atoms with Crippen molar-refractivity contribution in [2.75, 3.05) is 12.1 Å². The number of carbonyl (C=O) groups is 1. The summed E-state index contributed by atoms with van der Waals surface area (Å²) in [4.78, 5) is 12.1. The molecule has 5 heteroatoms. The van der Waals surface area contributed by atoms with Crippen molar-refractivity contribution in [2.45, 2.75) is 50.7 Å². The fourth-order valence-corrected chi connectivity index (χ4v) is 3.08. The Labute approximate surface area is 132 Å². The normalized spacial score (nSPS) is 18.5. The SMILES string of the molecule is CN(NC(=O)C(O)C(N)CC1CCCCC1)c1ccccc1. The summed E-state index contributed by atoms with van der Waals surface area (Å²) in [6.07, 6.45) is 5.61. The Bertz CT molecular complexity index is 460. The molecule has 0 aromatic heterocycles. The van der Waals surface area contributed by atoms with Crippen molar-refractivity contribution in [3.8, 4) is 0 Å². The number of nitrogens with two attached hydrogens (primary N) is 1. The molecule has 1 saturated carbocycles. The van der Waals surface area contributed by atoms with Gasteiger partial charge in [-0.3, -0.25) is 15.2 Å². The van der Waals surface area contributed by atoms with Crippen LogP contribution in [0.15, 0.2) is 30.3 Å². The Hall–Kier alpha value is -1.59. The summed E-state index contributed by atoms with van der Waals surface area (Å²) in [7, 11) is 1.74. The van der Waals surface area contributed by atoms with Crippen LogP contribution in [0.1, 0.15) is 38.5 Å². The number of benzene rings is 1. The lowest BCUT2D eigenvalue weighted by Crippen LogP contribution is -2.51. The summed E-state index contributed by atoms with van der Waals surface area (Å²) in [5, 5.41) is 11.7. The summed E-state index contributed by atoms with van der Waals surface area (Å²) >= 11 is 0. The van der Waals surface area contributed by atoms with Gasteiger partial charge in [-0.25, -0.2) is 0 Å². The molecule has 0 heterocycles. The molecule has 0 radical (unpaired) electrons. The van der Waals surface area contributed by atoms with Gasteiger partial charge in [0.05, 0.1) is 5.69 Å². The molecule has 0 bridgehead atoms. The summed E-state index contributed by atoms with van der Waals surface area (Å²) in [5.74, 6) is 0.0905.